The molecule has 1 saturated heterocycles. The van der Waals surface area contributed by atoms with Crippen molar-refractivity contribution in [2.24, 2.45) is 7.05 Å². The highest BCUT2D eigenvalue weighted by Crippen LogP contribution is 2.16. The predicted molar refractivity (Wildman–Crippen MR) is 67.3 cm³/mol. The number of anilines is 1. The number of aromatic nitrogens is 3. The van der Waals surface area contributed by atoms with Crippen LogP contribution in [-0.2, 0) is 18.4 Å². The second kappa shape index (κ2) is 4.85. The molecule has 2 aromatic rings. The van der Waals surface area contributed by atoms with Crippen molar-refractivity contribution in [3.8, 4) is 0 Å². The van der Waals surface area contributed by atoms with Gasteiger partial charge in [0.25, 0.3) is 0 Å². The van der Waals surface area contributed by atoms with Gasteiger partial charge in [0.05, 0.1) is 24.1 Å². The van der Waals surface area contributed by atoms with Crippen molar-refractivity contribution in [1.29, 1.82) is 0 Å². The molecule has 1 fully saturated rings. The number of aryl methyl sites for hydroxylation is 1. The Morgan fingerprint density at radius 3 is 2.95 bits per heavy atom. The van der Waals surface area contributed by atoms with Crippen molar-refractivity contribution in [2.45, 2.75) is 6.54 Å². The average molecular weight is 261 g/mol. The van der Waals surface area contributed by atoms with E-state index in [4.69, 9.17) is 4.42 Å². The molecule has 1 aliphatic rings. The van der Waals surface area contributed by atoms with Crippen molar-refractivity contribution in [2.75, 3.05) is 24.5 Å². The molecule has 100 valence electrons. The lowest BCUT2D eigenvalue weighted by Gasteiger charge is -2.33. The van der Waals surface area contributed by atoms with Gasteiger partial charge in [-0.25, -0.2) is 4.98 Å². The third-order valence-electron chi connectivity index (χ3n) is 3.17. The molecule has 0 bridgehead atoms. The molecule has 0 N–H and O–H groups in total. The van der Waals surface area contributed by atoms with Gasteiger partial charge in [-0.1, -0.05) is 0 Å². The van der Waals surface area contributed by atoms with Crippen LogP contribution in [0.3, 0.4) is 0 Å². The summed E-state index contributed by atoms with van der Waals surface area (Å²) in [5, 5.41) is 4.09. The summed E-state index contributed by atoms with van der Waals surface area (Å²) in [6, 6.07) is 0. The van der Waals surface area contributed by atoms with Crippen LogP contribution in [0.5, 0.6) is 0 Å². The molecule has 3 heterocycles. The van der Waals surface area contributed by atoms with Crippen LogP contribution in [-0.4, -0.2) is 45.2 Å². The molecule has 7 nitrogen and oxygen atoms in total. The summed E-state index contributed by atoms with van der Waals surface area (Å²) >= 11 is 0. The van der Waals surface area contributed by atoms with Gasteiger partial charge in [-0.15, -0.1) is 0 Å². The Morgan fingerprint density at radius 2 is 2.32 bits per heavy atom. The fourth-order valence-electron chi connectivity index (χ4n) is 2.22. The average Bonchev–Trinajstić information content (AvgIpc) is 3.01. The van der Waals surface area contributed by atoms with Gasteiger partial charge >= 0.3 is 0 Å². The van der Waals surface area contributed by atoms with Crippen LogP contribution in [0, 0.1) is 0 Å². The molecular weight excluding hydrogens is 246 g/mol. The highest BCUT2D eigenvalue weighted by Gasteiger charge is 2.26. The van der Waals surface area contributed by atoms with Crippen LogP contribution in [0.4, 0.5) is 5.69 Å². The fourth-order valence-corrected chi connectivity index (χ4v) is 2.22. The maximum Gasteiger partial charge on any atom is 0.241 e. The zero-order valence-electron chi connectivity index (χ0n) is 10.7. The minimum atomic E-state index is 0.0859. The van der Waals surface area contributed by atoms with E-state index in [1.54, 1.807) is 22.0 Å². The van der Waals surface area contributed by atoms with E-state index in [1.165, 1.54) is 6.39 Å². The standard InChI is InChI=1S/C12H15N5O2/c1-15-6-11(4-14-15)17-3-2-16(7-12(17)18)5-10-8-19-9-13-10/h4,6,8-9H,2-3,5,7H2,1H3. The summed E-state index contributed by atoms with van der Waals surface area (Å²) in [5.74, 6) is 0.0859. The summed E-state index contributed by atoms with van der Waals surface area (Å²) in [6.45, 7) is 2.51. The van der Waals surface area contributed by atoms with Crippen molar-refractivity contribution in [3.63, 3.8) is 0 Å². The highest BCUT2D eigenvalue weighted by molar-refractivity contribution is 5.95. The molecular formula is C12H15N5O2. The van der Waals surface area contributed by atoms with E-state index in [9.17, 15) is 4.79 Å². The van der Waals surface area contributed by atoms with Gasteiger partial charge in [0.2, 0.25) is 5.91 Å². The van der Waals surface area contributed by atoms with Gasteiger partial charge in [-0.05, 0) is 0 Å². The molecule has 2 aromatic heterocycles. The molecule has 0 atom stereocenters. The van der Waals surface area contributed by atoms with E-state index in [1.807, 2.05) is 13.2 Å². The van der Waals surface area contributed by atoms with Crippen molar-refractivity contribution < 1.29 is 9.21 Å². The van der Waals surface area contributed by atoms with Crippen LogP contribution in [0.1, 0.15) is 5.69 Å². The quantitative estimate of drug-likeness (QED) is 0.792. The monoisotopic (exact) mass is 261 g/mol. The van der Waals surface area contributed by atoms with Gasteiger partial charge in [0, 0.05) is 32.9 Å². The molecule has 3 rings (SSSR count). The molecule has 0 saturated carbocycles. The lowest BCUT2D eigenvalue weighted by Crippen LogP contribution is -2.50. The van der Waals surface area contributed by atoms with Crippen LogP contribution >= 0.6 is 0 Å². The summed E-state index contributed by atoms with van der Waals surface area (Å²) in [6.07, 6.45) is 6.58. The minimum Gasteiger partial charge on any atom is -0.451 e. The highest BCUT2D eigenvalue weighted by atomic mass is 16.3. The summed E-state index contributed by atoms with van der Waals surface area (Å²) in [4.78, 5) is 20.0. The van der Waals surface area contributed by atoms with E-state index < -0.39 is 0 Å². The van der Waals surface area contributed by atoms with Crippen molar-refractivity contribution >= 4 is 11.6 Å². The maximum atomic E-state index is 12.1. The lowest BCUT2D eigenvalue weighted by atomic mass is 10.2. The molecule has 0 aliphatic carbocycles. The van der Waals surface area contributed by atoms with E-state index in [2.05, 4.69) is 15.0 Å². The topological polar surface area (TPSA) is 67.4 Å². The third-order valence-corrected chi connectivity index (χ3v) is 3.17. The third kappa shape index (κ3) is 2.50. The lowest BCUT2D eigenvalue weighted by molar-refractivity contribution is -0.121. The Balaban J connectivity index is 1.64. The van der Waals surface area contributed by atoms with E-state index in [0.717, 1.165) is 17.9 Å². The molecule has 0 radical (unpaired) electrons. The van der Waals surface area contributed by atoms with Gasteiger partial charge < -0.3 is 9.32 Å². The number of hydrogen-bond donors (Lipinski definition) is 0. The smallest absolute Gasteiger partial charge is 0.241 e. The number of carbonyl (C=O) groups excluding carboxylic acids is 1. The Bertz CT molecular complexity index is 562. The second-order valence-electron chi connectivity index (χ2n) is 4.61. The number of rotatable bonds is 3. The molecule has 0 spiro atoms. The first-order valence-electron chi connectivity index (χ1n) is 6.11. The van der Waals surface area contributed by atoms with Crippen LogP contribution in [0.15, 0.2) is 29.5 Å². The molecule has 7 heteroatoms. The molecule has 19 heavy (non-hydrogen) atoms. The number of hydrogen-bond acceptors (Lipinski definition) is 5. The number of nitrogens with zero attached hydrogens (tertiary/aromatic N) is 5. The van der Waals surface area contributed by atoms with Gasteiger partial charge in [-0.3, -0.25) is 14.4 Å². The largest absolute Gasteiger partial charge is 0.451 e. The van der Waals surface area contributed by atoms with Crippen LogP contribution in [0.2, 0.25) is 0 Å². The first-order valence-corrected chi connectivity index (χ1v) is 6.11. The molecule has 1 amide bonds. The SMILES string of the molecule is Cn1cc(N2CCN(Cc3cocn3)CC2=O)cn1. The summed E-state index contributed by atoms with van der Waals surface area (Å²) < 4.78 is 6.63. The Labute approximate surface area is 110 Å². The fraction of sp³-hybridized carbons (Fsp3) is 0.417. The first-order chi connectivity index (χ1) is 9.22. The molecule has 0 aromatic carbocycles. The second-order valence-corrected chi connectivity index (χ2v) is 4.61. The maximum absolute atomic E-state index is 12.1. The molecule has 0 unspecified atom stereocenters. The number of oxazole rings is 1. The normalized spacial score (nSPS) is 17.1. The van der Waals surface area contributed by atoms with E-state index >= 15 is 0 Å². The van der Waals surface area contributed by atoms with Crippen molar-refractivity contribution in [3.05, 3.63) is 30.7 Å². The molecule has 1 aliphatic heterocycles. The predicted octanol–water partition coefficient (Wildman–Crippen LogP) is 0.257. The Hall–Kier alpha value is -2.15. The Kier molecular flexibility index (Phi) is 3.04. The summed E-state index contributed by atoms with van der Waals surface area (Å²) in [5.41, 5.74) is 1.70. The first kappa shape index (κ1) is 11.9. The van der Waals surface area contributed by atoms with Gasteiger partial charge in [0.1, 0.15) is 6.26 Å². The zero-order valence-corrected chi connectivity index (χ0v) is 10.7. The minimum absolute atomic E-state index is 0.0859. The van der Waals surface area contributed by atoms with Gasteiger partial charge in [0.15, 0.2) is 6.39 Å². The van der Waals surface area contributed by atoms with Gasteiger partial charge in [-0.2, -0.15) is 5.10 Å². The number of piperazine rings is 1. The van der Waals surface area contributed by atoms with E-state index in [0.29, 0.717) is 19.6 Å². The summed E-state index contributed by atoms with van der Waals surface area (Å²) in [7, 11) is 1.84. The number of amides is 1. The Morgan fingerprint density at radius 1 is 1.42 bits per heavy atom. The van der Waals surface area contributed by atoms with Crippen LogP contribution in [0.25, 0.3) is 0 Å². The zero-order chi connectivity index (χ0) is 13.2. The van der Waals surface area contributed by atoms with E-state index in [-0.39, 0.29) is 5.91 Å². The van der Waals surface area contributed by atoms with Crippen LogP contribution < -0.4 is 4.90 Å². The van der Waals surface area contributed by atoms with Crippen molar-refractivity contribution in [1.82, 2.24) is 19.7 Å². The number of carbonyl (C=O) groups is 1.